The molecule has 3 rings (SSSR count). The number of carbonyl (C=O) groups is 2. The minimum atomic E-state index is -0.515. The Balaban J connectivity index is 2.60. The van der Waals surface area contributed by atoms with Gasteiger partial charge >= 0.3 is 0 Å². The zero-order chi connectivity index (χ0) is 13.7. The van der Waals surface area contributed by atoms with E-state index in [9.17, 15) is 19.8 Å². The lowest BCUT2D eigenvalue weighted by Gasteiger charge is -2.16. The summed E-state index contributed by atoms with van der Waals surface area (Å²) in [6, 6.07) is 4.48. The van der Waals surface area contributed by atoms with E-state index in [0.717, 1.165) is 12.2 Å². The number of aromatic hydroxyl groups is 2. The average Bonchev–Trinajstić information content (AvgIpc) is 2.38. The molecule has 0 bridgehead atoms. The van der Waals surface area contributed by atoms with Gasteiger partial charge in [-0.3, -0.25) is 9.59 Å². The van der Waals surface area contributed by atoms with E-state index >= 15 is 0 Å². The number of ketones is 2. The first-order valence-corrected chi connectivity index (χ1v) is 5.83. The summed E-state index contributed by atoms with van der Waals surface area (Å²) < 4.78 is 0. The Morgan fingerprint density at radius 3 is 2.26 bits per heavy atom. The second-order valence-electron chi connectivity index (χ2n) is 4.17. The lowest BCUT2D eigenvalue weighted by Crippen LogP contribution is -2.13. The van der Waals surface area contributed by atoms with Crippen LogP contribution in [0.15, 0.2) is 30.4 Å². The highest BCUT2D eigenvalue weighted by Crippen LogP contribution is 2.43. The summed E-state index contributed by atoms with van der Waals surface area (Å²) in [6.45, 7) is 0. The molecule has 1 aliphatic rings. The molecular weight excluding hydrogens is 268 g/mol. The fourth-order valence-electron chi connectivity index (χ4n) is 2.25. The first-order chi connectivity index (χ1) is 9.02. The number of fused-ring (bicyclic) bond motifs is 2. The Bertz CT molecular complexity index is 790. The number of rotatable bonds is 0. The summed E-state index contributed by atoms with van der Waals surface area (Å²) in [5, 5.41) is 20.4. The van der Waals surface area contributed by atoms with Gasteiger partial charge in [0, 0.05) is 5.39 Å². The van der Waals surface area contributed by atoms with Crippen molar-refractivity contribution in [3.63, 3.8) is 0 Å². The van der Waals surface area contributed by atoms with Crippen molar-refractivity contribution in [2.75, 3.05) is 0 Å². The van der Waals surface area contributed by atoms with E-state index in [1.807, 2.05) is 0 Å². The van der Waals surface area contributed by atoms with Gasteiger partial charge in [0.1, 0.15) is 11.5 Å². The van der Waals surface area contributed by atoms with Gasteiger partial charge in [-0.1, -0.05) is 23.7 Å². The Hall–Kier alpha value is -2.33. The maximum Gasteiger partial charge on any atom is 0.190 e. The van der Waals surface area contributed by atoms with Crippen molar-refractivity contribution in [2.45, 2.75) is 0 Å². The monoisotopic (exact) mass is 274 g/mol. The molecule has 94 valence electrons. The smallest absolute Gasteiger partial charge is 0.190 e. The van der Waals surface area contributed by atoms with Crippen LogP contribution in [0, 0.1) is 0 Å². The fourth-order valence-corrected chi connectivity index (χ4v) is 2.59. The number of halogens is 1. The van der Waals surface area contributed by atoms with Crippen LogP contribution in [0.3, 0.4) is 0 Å². The summed E-state index contributed by atoms with van der Waals surface area (Å²) in [7, 11) is 0. The van der Waals surface area contributed by atoms with Gasteiger partial charge in [-0.05, 0) is 18.2 Å². The molecule has 0 fully saturated rings. The van der Waals surface area contributed by atoms with Crippen LogP contribution in [-0.4, -0.2) is 21.8 Å². The molecule has 0 aliphatic heterocycles. The first-order valence-electron chi connectivity index (χ1n) is 5.45. The zero-order valence-corrected chi connectivity index (χ0v) is 10.2. The highest BCUT2D eigenvalue weighted by molar-refractivity contribution is 6.42. The van der Waals surface area contributed by atoms with E-state index in [2.05, 4.69) is 0 Å². The van der Waals surface area contributed by atoms with E-state index in [0.29, 0.717) is 5.39 Å². The number of benzene rings is 2. The number of allylic oxidation sites excluding steroid dienone is 2. The van der Waals surface area contributed by atoms with Crippen molar-refractivity contribution in [1.29, 1.82) is 0 Å². The Kier molecular flexibility index (Phi) is 2.37. The van der Waals surface area contributed by atoms with Crippen LogP contribution in [0.25, 0.3) is 10.8 Å². The second-order valence-corrected chi connectivity index (χ2v) is 4.55. The van der Waals surface area contributed by atoms with Gasteiger partial charge in [0.2, 0.25) is 0 Å². The van der Waals surface area contributed by atoms with Crippen molar-refractivity contribution in [2.24, 2.45) is 0 Å². The van der Waals surface area contributed by atoms with Gasteiger partial charge < -0.3 is 10.2 Å². The molecule has 0 saturated carbocycles. The number of phenols is 2. The Morgan fingerprint density at radius 2 is 1.58 bits per heavy atom. The minimum Gasteiger partial charge on any atom is -0.507 e. The van der Waals surface area contributed by atoms with Crippen molar-refractivity contribution in [3.05, 3.63) is 46.5 Å². The van der Waals surface area contributed by atoms with Gasteiger partial charge in [0.15, 0.2) is 11.6 Å². The number of carbonyl (C=O) groups excluding carboxylic acids is 2. The molecule has 0 radical (unpaired) electrons. The molecular formula is C14H7ClO4. The van der Waals surface area contributed by atoms with Gasteiger partial charge in [0.25, 0.3) is 0 Å². The van der Waals surface area contributed by atoms with Crippen molar-refractivity contribution < 1.29 is 19.8 Å². The molecule has 1 aliphatic carbocycles. The minimum absolute atomic E-state index is 0.0234. The molecule has 19 heavy (non-hydrogen) atoms. The van der Waals surface area contributed by atoms with E-state index in [1.54, 1.807) is 12.1 Å². The average molecular weight is 275 g/mol. The highest BCUT2D eigenvalue weighted by Gasteiger charge is 2.29. The topological polar surface area (TPSA) is 74.6 Å². The molecule has 0 amide bonds. The van der Waals surface area contributed by atoms with Gasteiger partial charge in [0.05, 0.1) is 21.5 Å². The Labute approximate surface area is 112 Å². The molecule has 2 N–H and O–H groups in total. The maximum absolute atomic E-state index is 11.8. The predicted octanol–water partition coefficient (Wildman–Crippen LogP) is 2.84. The second kappa shape index (κ2) is 3.83. The number of hydrogen-bond donors (Lipinski definition) is 2. The van der Waals surface area contributed by atoms with E-state index in [1.165, 1.54) is 6.07 Å². The number of hydrogen-bond acceptors (Lipinski definition) is 4. The van der Waals surface area contributed by atoms with E-state index in [4.69, 9.17) is 11.6 Å². The summed E-state index contributed by atoms with van der Waals surface area (Å²) in [5.41, 5.74) is -0.184. The lowest BCUT2D eigenvalue weighted by atomic mass is 9.90. The third kappa shape index (κ3) is 1.47. The summed E-state index contributed by atoms with van der Waals surface area (Å²) in [4.78, 5) is 23.7. The van der Waals surface area contributed by atoms with Gasteiger partial charge in [-0.25, -0.2) is 0 Å². The largest absolute Gasteiger partial charge is 0.507 e. The van der Waals surface area contributed by atoms with Crippen molar-refractivity contribution in [1.82, 2.24) is 0 Å². The molecule has 0 unspecified atom stereocenters. The van der Waals surface area contributed by atoms with Crippen molar-refractivity contribution in [3.8, 4) is 11.5 Å². The third-order valence-electron chi connectivity index (χ3n) is 3.10. The highest BCUT2D eigenvalue weighted by atomic mass is 35.5. The van der Waals surface area contributed by atoms with Crippen LogP contribution in [0.1, 0.15) is 20.7 Å². The van der Waals surface area contributed by atoms with Crippen molar-refractivity contribution >= 4 is 33.9 Å². The van der Waals surface area contributed by atoms with Crippen LogP contribution in [-0.2, 0) is 0 Å². The summed E-state index contributed by atoms with van der Waals surface area (Å²) >= 11 is 6.13. The molecule has 4 nitrogen and oxygen atoms in total. The van der Waals surface area contributed by atoms with Gasteiger partial charge in [-0.15, -0.1) is 0 Å². The van der Waals surface area contributed by atoms with Crippen LogP contribution in [0.5, 0.6) is 11.5 Å². The molecule has 5 heteroatoms. The fraction of sp³-hybridized carbons (Fsp3) is 0. The molecule has 2 aromatic rings. The molecule has 0 atom stereocenters. The Morgan fingerprint density at radius 1 is 0.947 bits per heavy atom. The summed E-state index contributed by atoms with van der Waals surface area (Å²) in [5.74, 6) is -1.58. The molecule has 0 heterocycles. The predicted molar refractivity (Wildman–Crippen MR) is 70.1 cm³/mol. The third-order valence-corrected chi connectivity index (χ3v) is 3.49. The standard InChI is InChI=1S/C14H7ClO4/c15-13-6-2-1-3-7(16)10(6)14(19)12-9(18)5-4-8(17)11(12)13/h1-5,16,19H. The number of phenolic OH excluding ortho intramolecular Hbond substituents is 2. The van der Waals surface area contributed by atoms with E-state index in [-0.39, 0.29) is 27.3 Å². The SMILES string of the molecule is O=C1C=CC(=O)c2c1c(Cl)c1cccc(O)c1c2O. The van der Waals surface area contributed by atoms with Crippen LogP contribution < -0.4 is 0 Å². The maximum atomic E-state index is 11.8. The van der Waals surface area contributed by atoms with Crippen LogP contribution >= 0.6 is 11.6 Å². The van der Waals surface area contributed by atoms with Gasteiger partial charge in [-0.2, -0.15) is 0 Å². The quantitative estimate of drug-likeness (QED) is 0.775. The molecule has 2 aromatic carbocycles. The molecule has 0 spiro atoms. The lowest BCUT2D eigenvalue weighted by molar-refractivity contribution is 0.0992. The normalized spacial score (nSPS) is 13.9. The van der Waals surface area contributed by atoms with Crippen LogP contribution in [0.2, 0.25) is 5.02 Å². The van der Waals surface area contributed by atoms with Crippen LogP contribution in [0.4, 0.5) is 0 Å². The molecule has 0 aromatic heterocycles. The first kappa shape index (κ1) is 11.7. The molecule has 0 saturated heterocycles. The summed E-state index contributed by atoms with van der Waals surface area (Å²) in [6.07, 6.45) is 2.19. The zero-order valence-electron chi connectivity index (χ0n) is 9.48. The van der Waals surface area contributed by atoms with E-state index < -0.39 is 17.3 Å².